The Morgan fingerprint density at radius 2 is 1.57 bits per heavy atom. The lowest BCUT2D eigenvalue weighted by Crippen LogP contribution is -2.67. The van der Waals surface area contributed by atoms with Gasteiger partial charge >= 0.3 is 5.97 Å². The lowest BCUT2D eigenvalue weighted by atomic mass is 9.89. The largest absolute Gasteiger partial charge is 0.453 e. The van der Waals surface area contributed by atoms with E-state index in [1.54, 1.807) is 0 Å². The zero-order valence-electron chi connectivity index (χ0n) is 22.8. The minimum atomic E-state index is -2.66. The van der Waals surface area contributed by atoms with Crippen LogP contribution in [0.4, 0.5) is 0 Å². The van der Waals surface area contributed by atoms with Gasteiger partial charge in [-0.1, -0.05) is 105 Å². The minimum absolute atomic E-state index is 0.101. The normalized spacial score (nSPS) is 17.6. The fourth-order valence-electron chi connectivity index (χ4n) is 5.04. The Kier molecular flexibility index (Phi) is 9.50. The number of halogens is 1. The molecule has 0 amide bonds. The Morgan fingerprint density at radius 1 is 1.00 bits per heavy atom. The van der Waals surface area contributed by atoms with Gasteiger partial charge in [0.25, 0.3) is 8.32 Å². The molecule has 0 aromatic heterocycles. The van der Waals surface area contributed by atoms with Crippen molar-refractivity contribution in [1.29, 1.82) is 0 Å². The molecule has 0 spiro atoms. The second-order valence-electron chi connectivity index (χ2n) is 11.3. The summed E-state index contributed by atoms with van der Waals surface area (Å²) in [6.07, 6.45) is 4.07. The van der Waals surface area contributed by atoms with Gasteiger partial charge in [-0.3, -0.25) is 4.79 Å². The third-order valence-corrected chi connectivity index (χ3v) is 12.1. The van der Waals surface area contributed by atoms with Gasteiger partial charge in [0, 0.05) is 40.5 Å². The lowest BCUT2D eigenvalue weighted by Gasteiger charge is -2.44. The minimum Gasteiger partial charge on any atom is -0.453 e. The van der Waals surface area contributed by atoms with E-state index >= 15 is 0 Å². The summed E-state index contributed by atoms with van der Waals surface area (Å²) in [5, 5.41) is 2.40. The van der Waals surface area contributed by atoms with Gasteiger partial charge in [-0.15, -0.1) is 0 Å². The molecule has 0 fully saturated rings. The zero-order chi connectivity index (χ0) is 27.2. The van der Waals surface area contributed by atoms with Crippen molar-refractivity contribution in [2.75, 3.05) is 6.61 Å². The Bertz CT molecular complexity index is 1200. The number of benzene rings is 2. The van der Waals surface area contributed by atoms with Crippen molar-refractivity contribution in [1.82, 2.24) is 0 Å². The molecule has 1 unspecified atom stereocenters. The van der Waals surface area contributed by atoms with E-state index in [0.29, 0.717) is 19.4 Å². The van der Waals surface area contributed by atoms with Crippen LogP contribution in [0, 0.1) is 27.1 Å². The van der Waals surface area contributed by atoms with Crippen LogP contribution in [0.15, 0.2) is 72.3 Å². The number of carbonyl (C=O) groups excluding carboxylic acids is 1. The molecule has 1 aliphatic rings. The van der Waals surface area contributed by atoms with E-state index in [1.807, 2.05) is 22.6 Å². The molecule has 0 bridgehead atoms. The smallest absolute Gasteiger partial charge is 0.303 e. The predicted octanol–water partition coefficient (Wildman–Crippen LogP) is 6.40. The van der Waals surface area contributed by atoms with Crippen molar-refractivity contribution in [2.24, 2.45) is 5.41 Å². The molecule has 1 atom stereocenters. The average Bonchev–Trinajstić information content (AvgIpc) is 3.24. The van der Waals surface area contributed by atoms with Crippen LogP contribution in [0.25, 0.3) is 0 Å². The van der Waals surface area contributed by atoms with Crippen molar-refractivity contribution in [3.05, 3.63) is 72.3 Å². The van der Waals surface area contributed by atoms with Crippen LogP contribution in [0.5, 0.6) is 0 Å². The van der Waals surface area contributed by atoms with Crippen molar-refractivity contribution in [3.8, 4) is 21.7 Å². The summed E-state index contributed by atoms with van der Waals surface area (Å²) in [5.41, 5.74) is -0.334. The van der Waals surface area contributed by atoms with Crippen molar-refractivity contribution < 1.29 is 14.0 Å². The molecule has 0 N–H and O–H groups in total. The molecule has 5 heteroatoms. The first-order valence-electron chi connectivity index (χ1n) is 12.7. The molecule has 0 aliphatic heterocycles. The van der Waals surface area contributed by atoms with Crippen molar-refractivity contribution in [3.63, 3.8) is 0 Å². The fraction of sp³-hybridized carbons (Fsp3) is 0.406. The second kappa shape index (κ2) is 12.0. The van der Waals surface area contributed by atoms with E-state index in [1.165, 1.54) is 17.3 Å². The first kappa shape index (κ1) is 29.2. The van der Waals surface area contributed by atoms with Gasteiger partial charge in [-0.25, -0.2) is 0 Å². The van der Waals surface area contributed by atoms with E-state index in [9.17, 15) is 4.79 Å². The van der Waals surface area contributed by atoms with E-state index in [4.69, 9.17) is 9.16 Å². The van der Waals surface area contributed by atoms with Gasteiger partial charge in [0.1, 0.15) is 0 Å². The van der Waals surface area contributed by atoms with Crippen LogP contribution in [0.2, 0.25) is 5.04 Å². The van der Waals surface area contributed by atoms with Gasteiger partial charge in [0.05, 0.1) is 13.0 Å². The predicted molar refractivity (Wildman–Crippen MR) is 163 cm³/mol. The molecule has 194 valence electrons. The van der Waals surface area contributed by atoms with Gasteiger partial charge < -0.3 is 9.16 Å². The molecule has 3 rings (SSSR count). The third-order valence-electron chi connectivity index (χ3n) is 6.77. The van der Waals surface area contributed by atoms with Crippen molar-refractivity contribution in [2.45, 2.75) is 71.4 Å². The summed E-state index contributed by atoms with van der Waals surface area (Å²) in [5.74, 6) is 9.64. The van der Waals surface area contributed by atoms with E-state index < -0.39 is 19.3 Å². The maximum absolute atomic E-state index is 11.9. The van der Waals surface area contributed by atoms with E-state index in [0.717, 1.165) is 12.0 Å². The van der Waals surface area contributed by atoms with Gasteiger partial charge in [-0.05, 0) is 46.0 Å². The summed E-state index contributed by atoms with van der Waals surface area (Å²) in [6.45, 7) is 13.0. The first-order chi connectivity index (χ1) is 17.5. The maximum atomic E-state index is 11.9. The highest BCUT2D eigenvalue weighted by molar-refractivity contribution is 14.1. The third kappa shape index (κ3) is 6.76. The quantitative estimate of drug-likeness (QED) is 0.155. The summed E-state index contributed by atoms with van der Waals surface area (Å²) in [6, 6.07) is 21.3. The zero-order valence-corrected chi connectivity index (χ0v) is 25.9. The highest BCUT2D eigenvalue weighted by Crippen LogP contribution is 2.39. The summed E-state index contributed by atoms with van der Waals surface area (Å²) in [4.78, 5) is 11.9. The molecule has 0 saturated carbocycles. The standard InChI is InChI=1S/C32H37IO3Si/c1-26(34)36-32(22-14-24-33)21-13-15-27(32)20-23-31(5,6)25-35-37(30(2,3)4,28-16-9-7-10-17-28)29-18-11-8-12-19-29/h7-12,15-19H,13,21-22,25H2,1-6H3. The summed E-state index contributed by atoms with van der Waals surface area (Å²) < 4.78 is 15.9. The Balaban J connectivity index is 1.97. The first-order valence-corrected chi connectivity index (χ1v) is 15.7. The van der Waals surface area contributed by atoms with Crippen LogP contribution in [0.1, 0.15) is 60.8 Å². The molecule has 2 aromatic carbocycles. The van der Waals surface area contributed by atoms with E-state index in [2.05, 4.69) is 123 Å². The molecule has 2 aromatic rings. The molecule has 0 radical (unpaired) electrons. The van der Waals surface area contributed by atoms with Crippen LogP contribution in [-0.4, -0.2) is 26.5 Å². The highest BCUT2D eigenvalue weighted by Gasteiger charge is 2.50. The van der Waals surface area contributed by atoms with Crippen molar-refractivity contribution >= 4 is 47.3 Å². The molecular weight excluding hydrogens is 587 g/mol. The molecule has 0 saturated heterocycles. The molecular formula is C32H37IO3Si. The number of allylic oxidation sites excluding steroid dienone is 1. The number of hydrogen-bond donors (Lipinski definition) is 0. The number of rotatable bonds is 7. The number of hydrogen-bond acceptors (Lipinski definition) is 3. The highest BCUT2D eigenvalue weighted by atomic mass is 127. The van der Waals surface area contributed by atoms with Crippen LogP contribution in [0.3, 0.4) is 0 Å². The Morgan fingerprint density at radius 3 is 2.05 bits per heavy atom. The second-order valence-corrected chi connectivity index (χ2v) is 16.1. The fourth-order valence-corrected chi connectivity index (χ4v) is 9.96. The molecule has 0 heterocycles. The topological polar surface area (TPSA) is 35.5 Å². The molecule has 37 heavy (non-hydrogen) atoms. The summed E-state index contributed by atoms with van der Waals surface area (Å²) >= 11 is 2.02. The van der Waals surface area contributed by atoms with Crippen LogP contribution < -0.4 is 10.4 Å². The van der Waals surface area contributed by atoms with Crippen LogP contribution in [-0.2, 0) is 14.0 Å². The molecule has 3 nitrogen and oxygen atoms in total. The lowest BCUT2D eigenvalue weighted by molar-refractivity contribution is -0.152. The number of ether oxygens (including phenoxy) is 1. The Hall–Kier alpha value is -2.32. The number of esters is 1. The van der Waals surface area contributed by atoms with E-state index in [-0.39, 0.29) is 11.0 Å². The van der Waals surface area contributed by atoms with Gasteiger partial charge in [0.15, 0.2) is 5.60 Å². The molecule has 1 aliphatic carbocycles. The SMILES string of the molecule is CC(=O)OC1(CC#CI)CCC=C1C#CC(C)(C)CO[Si](c1ccccc1)(c1ccccc1)C(C)(C)C. The monoisotopic (exact) mass is 624 g/mol. The Labute approximate surface area is 237 Å². The van der Waals surface area contributed by atoms with Crippen LogP contribution >= 0.6 is 22.6 Å². The van der Waals surface area contributed by atoms with Gasteiger partial charge in [0.2, 0.25) is 0 Å². The van der Waals surface area contributed by atoms with Gasteiger partial charge in [-0.2, -0.15) is 0 Å². The number of carbonyl (C=O) groups is 1. The average molecular weight is 625 g/mol. The maximum Gasteiger partial charge on any atom is 0.303 e. The summed E-state index contributed by atoms with van der Waals surface area (Å²) in [7, 11) is -2.66.